The van der Waals surface area contributed by atoms with Crippen molar-refractivity contribution in [2.24, 2.45) is 0 Å². The molecule has 0 unspecified atom stereocenters. The van der Waals surface area contributed by atoms with E-state index >= 15 is 0 Å². The topological polar surface area (TPSA) is 69.5 Å². The quantitative estimate of drug-likeness (QED) is 0.438. The summed E-state index contributed by atoms with van der Waals surface area (Å²) in [6.07, 6.45) is 8.83. The second-order valence-electron chi connectivity index (χ2n) is 8.40. The Kier molecular flexibility index (Phi) is 7.40. The molecule has 1 fully saturated rings. The molecule has 1 aromatic carbocycles. The van der Waals surface area contributed by atoms with E-state index in [4.69, 9.17) is 9.47 Å². The van der Waals surface area contributed by atoms with Gasteiger partial charge in [0.1, 0.15) is 5.82 Å². The second kappa shape index (κ2) is 10.4. The third-order valence-corrected chi connectivity index (χ3v) is 7.37. The summed E-state index contributed by atoms with van der Waals surface area (Å²) in [6, 6.07) is 4.01. The first-order chi connectivity index (χ1) is 15.6. The van der Waals surface area contributed by atoms with Gasteiger partial charge in [0.2, 0.25) is 5.91 Å². The van der Waals surface area contributed by atoms with Gasteiger partial charge in [-0.05, 0) is 42.5 Å². The Balaban J connectivity index is 1.42. The molecule has 0 saturated heterocycles. The molecule has 2 aliphatic rings. The van der Waals surface area contributed by atoms with E-state index < -0.39 is 0 Å². The molecule has 1 aliphatic heterocycles. The first-order valence-electron chi connectivity index (χ1n) is 11.3. The number of benzene rings is 1. The predicted molar refractivity (Wildman–Crippen MR) is 125 cm³/mol. The number of carbonyl (C=O) groups is 1. The van der Waals surface area contributed by atoms with Crippen molar-refractivity contribution in [2.45, 2.75) is 62.7 Å². The van der Waals surface area contributed by atoms with Crippen molar-refractivity contribution < 1.29 is 14.3 Å². The standard InChI is InChI=1S/C24H32N4O3S/c1-4-11-28-23(17-8-6-5-7-9-17)25-26-24(28)32-16-22(29)27-12-10-18-13-20(30-2)21(31-3)14-19(18)15-27/h4,13-14,17H,1,5-12,15-16H2,2-3H3. The zero-order valence-electron chi connectivity index (χ0n) is 19.0. The van der Waals surface area contributed by atoms with Crippen LogP contribution in [0.15, 0.2) is 29.9 Å². The Morgan fingerprint density at radius 1 is 1.16 bits per heavy atom. The summed E-state index contributed by atoms with van der Waals surface area (Å²) in [6.45, 7) is 5.86. The van der Waals surface area contributed by atoms with Crippen LogP contribution in [0.1, 0.15) is 55.0 Å². The number of amides is 1. The second-order valence-corrected chi connectivity index (χ2v) is 9.35. The van der Waals surface area contributed by atoms with Crippen molar-refractivity contribution in [3.63, 3.8) is 0 Å². The Labute approximate surface area is 194 Å². The van der Waals surface area contributed by atoms with Crippen molar-refractivity contribution in [2.75, 3.05) is 26.5 Å². The molecule has 1 aromatic heterocycles. The molecule has 1 saturated carbocycles. The first kappa shape index (κ1) is 22.7. The minimum Gasteiger partial charge on any atom is -0.493 e. The van der Waals surface area contributed by atoms with Crippen LogP contribution >= 0.6 is 11.8 Å². The fourth-order valence-electron chi connectivity index (χ4n) is 4.68. The number of methoxy groups -OCH3 is 2. The number of hydrogen-bond donors (Lipinski definition) is 0. The maximum Gasteiger partial charge on any atom is 0.233 e. The molecule has 0 N–H and O–H groups in total. The molecule has 2 heterocycles. The molecule has 0 spiro atoms. The monoisotopic (exact) mass is 456 g/mol. The summed E-state index contributed by atoms with van der Waals surface area (Å²) in [5.41, 5.74) is 2.32. The first-order valence-corrected chi connectivity index (χ1v) is 12.3. The average molecular weight is 457 g/mol. The van der Waals surface area contributed by atoms with Crippen molar-refractivity contribution in [3.05, 3.63) is 41.7 Å². The zero-order valence-corrected chi connectivity index (χ0v) is 19.8. The number of aromatic nitrogens is 3. The van der Waals surface area contributed by atoms with Crippen molar-refractivity contribution in [1.29, 1.82) is 0 Å². The van der Waals surface area contributed by atoms with E-state index in [1.807, 2.05) is 23.1 Å². The number of nitrogens with zero attached hydrogens (tertiary/aromatic N) is 4. The average Bonchev–Trinajstić information content (AvgIpc) is 3.24. The van der Waals surface area contributed by atoms with Gasteiger partial charge in [0.25, 0.3) is 0 Å². The lowest BCUT2D eigenvalue weighted by atomic mass is 9.89. The third-order valence-electron chi connectivity index (χ3n) is 6.42. The molecule has 0 atom stereocenters. The minimum absolute atomic E-state index is 0.114. The molecule has 8 heteroatoms. The number of fused-ring (bicyclic) bond motifs is 1. The fourth-order valence-corrected chi connectivity index (χ4v) is 5.54. The number of rotatable bonds is 8. The molecule has 172 valence electrons. The molecule has 32 heavy (non-hydrogen) atoms. The Morgan fingerprint density at radius 3 is 2.56 bits per heavy atom. The highest BCUT2D eigenvalue weighted by atomic mass is 32.2. The fraction of sp³-hybridized carbons (Fsp3) is 0.542. The molecule has 0 radical (unpaired) electrons. The van der Waals surface area contributed by atoms with Crippen molar-refractivity contribution in [1.82, 2.24) is 19.7 Å². The summed E-state index contributed by atoms with van der Waals surface area (Å²) < 4.78 is 13.0. The number of carbonyl (C=O) groups excluding carboxylic acids is 1. The van der Waals surface area contributed by atoms with Gasteiger partial charge in [-0.15, -0.1) is 16.8 Å². The highest BCUT2D eigenvalue weighted by Crippen LogP contribution is 2.35. The van der Waals surface area contributed by atoms with Gasteiger partial charge >= 0.3 is 0 Å². The normalized spacial score (nSPS) is 16.5. The number of hydrogen-bond acceptors (Lipinski definition) is 6. The van der Waals surface area contributed by atoms with Crippen LogP contribution in [-0.4, -0.2) is 52.1 Å². The van der Waals surface area contributed by atoms with Gasteiger partial charge in [0.15, 0.2) is 16.7 Å². The van der Waals surface area contributed by atoms with Gasteiger partial charge in [-0.3, -0.25) is 4.79 Å². The zero-order chi connectivity index (χ0) is 22.5. The lowest BCUT2D eigenvalue weighted by Crippen LogP contribution is -2.37. The maximum atomic E-state index is 13.0. The number of allylic oxidation sites excluding steroid dienone is 1. The van der Waals surface area contributed by atoms with Crippen LogP contribution in [0, 0.1) is 0 Å². The summed E-state index contributed by atoms with van der Waals surface area (Å²) in [4.78, 5) is 14.9. The molecule has 1 amide bonds. The summed E-state index contributed by atoms with van der Waals surface area (Å²) in [7, 11) is 3.28. The third kappa shape index (κ3) is 4.80. The largest absolute Gasteiger partial charge is 0.493 e. The predicted octanol–water partition coefficient (Wildman–Crippen LogP) is 4.21. The van der Waals surface area contributed by atoms with E-state index in [1.165, 1.54) is 49.4 Å². The Hall–Kier alpha value is -2.48. The van der Waals surface area contributed by atoms with Crippen LogP contribution in [0.4, 0.5) is 0 Å². The number of ether oxygens (including phenoxy) is 2. The van der Waals surface area contributed by atoms with Crippen LogP contribution in [-0.2, 0) is 24.3 Å². The molecule has 1 aliphatic carbocycles. The van der Waals surface area contributed by atoms with E-state index in [2.05, 4.69) is 21.3 Å². The van der Waals surface area contributed by atoms with Gasteiger partial charge in [-0.25, -0.2) is 0 Å². The summed E-state index contributed by atoms with van der Waals surface area (Å²) >= 11 is 1.47. The van der Waals surface area contributed by atoms with Crippen molar-refractivity contribution in [3.8, 4) is 11.5 Å². The SMILES string of the molecule is C=CCn1c(SCC(=O)N2CCc3cc(OC)c(OC)cc3C2)nnc1C1CCCCC1. The van der Waals surface area contributed by atoms with E-state index in [1.54, 1.807) is 14.2 Å². The maximum absolute atomic E-state index is 13.0. The van der Waals surface area contributed by atoms with Gasteiger partial charge < -0.3 is 18.9 Å². The molecule has 0 bridgehead atoms. The Bertz CT molecular complexity index is 968. The molecule has 7 nitrogen and oxygen atoms in total. The number of thioether (sulfide) groups is 1. The van der Waals surface area contributed by atoms with Crippen LogP contribution in [0.3, 0.4) is 0 Å². The van der Waals surface area contributed by atoms with E-state index in [-0.39, 0.29) is 5.91 Å². The van der Waals surface area contributed by atoms with Gasteiger partial charge in [-0.2, -0.15) is 0 Å². The Morgan fingerprint density at radius 2 is 1.88 bits per heavy atom. The van der Waals surface area contributed by atoms with Crippen LogP contribution < -0.4 is 9.47 Å². The van der Waals surface area contributed by atoms with Crippen molar-refractivity contribution >= 4 is 17.7 Å². The van der Waals surface area contributed by atoms with E-state index in [0.717, 1.165) is 28.7 Å². The highest BCUT2D eigenvalue weighted by molar-refractivity contribution is 7.99. The van der Waals surface area contributed by atoms with Gasteiger partial charge in [0.05, 0.1) is 20.0 Å². The lowest BCUT2D eigenvalue weighted by Gasteiger charge is -2.29. The molecular weight excluding hydrogens is 424 g/mol. The summed E-state index contributed by atoms with van der Waals surface area (Å²) in [5, 5.41) is 9.75. The molecule has 4 rings (SSSR count). The smallest absolute Gasteiger partial charge is 0.233 e. The lowest BCUT2D eigenvalue weighted by molar-refractivity contribution is -0.129. The van der Waals surface area contributed by atoms with Crippen LogP contribution in [0.25, 0.3) is 0 Å². The van der Waals surface area contributed by atoms with Gasteiger partial charge in [-0.1, -0.05) is 37.1 Å². The van der Waals surface area contributed by atoms with E-state index in [0.29, 0.717) is 37.1 Å². The highest BCUT2D eigenvalue weighted by Gasteiger charge is 2.26. The summed E-state index contributed by atoms with van der Waals surface area (Å²) in [5.74, 6) is 3.41. The van der Waals surface area contributed by atoms with Crippen LogP contribution in [0.5, 0.6) is 11.5 Å². The van der Waals surface area contributed by atoms with Gasteiger partial charge in [0, 0.05) is 25.6 Å². The minimum atomic E-state index is 0.114. The van der Waals surface area contributed by atoms with E-state index in [9.17, 15) is 4.79 Å². The molecular formula is C24H32N4O3S. The van der Waals surface area contributed by atoms with Crippen LogP contribution in [0.2, 0.25) is 0 Å². The molecule has 2 aromatic rings.